The molecule has 2 saturated carbocycles. The Kier molecular flexibility index (Phi) is 2.83. The molecule has 13 heavy (non-hydrogen) atoms. The average Bonchev–Trinajstić information content (AvgIpc) is 2.78. The Morgan fingerprint density at radius 1 is 1.15 bits per heavy atom. The van der Waals surface area contributed by atoms with Crippen molar-refractivity contribution in [1.29, 1.82) is 0 Å². The molecule has 0 heterocycles. The fraction of sp³-hybridized carbons (Fsp3) is 0.900. The molecule has 2 rings (SSSR count). The number of carbonyl (C=O) groups excluding carboxylic acids is 1. The smallest absolute Gasteiger partial charge is 0.221 e. The van der Waals surface area contributed by atoms with Crippen molar-refractivity contribution in [2.45, 2.75) is 50.6 Å². The second-order valence-electron chi connectivity index (χ2n) is 4.17. The van der Waals surface area contributed by atoms with Crippen molar-refractivity contribution >= 4 is 5.91 Å². The molecule has 0 bridgehead atoms. The molecule has 0 aliphatic heterocycles. The first-order valence-electron chi connectivity index (χ1n) is 5.37. The van der Waals surface area contributed by atoms with Crippen LogP contribution in [0.25, 0.3) is 0 Å². The minimum atomic E-state index is 0.217. The summed E-state index contributed by atoms with van der Waals surface area (Å²) in [7, 11) is 0. The van der Waals surface area contributed by atoms with Crippen molar-refractivity contribution in [1.82, 2.24) is 10.6 Å². The van der Waals surface area contributed by atoms with Crippen LogP contribution in [-0.4, -0.2) is 24.5 Å². The maximum Gasteiger partial charge on any atom is 0.221 e. The normalized spacial score (nSPS) is 22.5. The van der Waals surface area contributed by atoms with Crippen LogP contribution >= 0.6 is 0 Å². The Balaban J connectivity index is 1.48. The van der Waals surface area contributed by atoms with E-state index >= 15 is 0 Å². The van der Waals surface area contributed by atoms with Gasteiger partial charge in [-0.3, -0.25) is 4.79 Å². The maximum atomic E-state index is 11.2. The van der Waals surface area contributed by atoms with Gasteiger partial charge < -0.3 is 10.6 Å². The average molecular weight is 182 g/mol. The van der Waals surface area contributed by atoms with Gasteiger partial charge in [-0.15, -0.1) is 0 Å². The number of nitrogens with one attached hydrogen (secondary N) is 2. The number of rotatable bonds is 5. The van der Waals surface area contributed by atoms with Crippen LogP contribution in [-0.2, 0) is 4.79 Å². The zero-order chi connectivity index (χ0) is 9.10. The largest absolute Gasteiger partial charge is 0.353 e. The van der Waals surface area contributed by atoms with Gasteiger partial charge in [-0.05, 0) is 25.7 Å². The highest BCUT2D eigenvalue weighted by atomic mass is 16.1. The van der Waals surface area contributed by atoms with E-state index in [1.54, 1.807) is 0 Å². The molecule has 2 fully saturated rings. The van der Waals surface area contributed by atoms with Crippen molar-refractivity contribution < 1.29 is 4.79 Å². The van der Waals surface area contributed by atoms with Crippen molar-refractivity contribution in [2.75, 3.05) is 6.54 Å². The van der Waals surface area contributed by atoms with E-state index in [0.29, 0.717) is 18.5 Å². The summed E-state index contributed by atoms with van der Waals surface area (Å²) in [5.41, 5.74) is 0. The van der Waals surface area contributed by atoms with Gasteiger partial charge in [0.15, 0.2) is 0 Å². The molecule has 3 nitrogen and oxygen atoms in total. The molecule has 0 spiro atoms. The lowest BCUT2D eigenvalue weighted by molar-refractivity contribution is -0.121. The standard InChI is InChI=1S/C10H18N2O/c13-10(12-9-4-5-9)6-7-11-8-2-1-3-8/h8-9,11H,1-7H2,(H,12,13). The van der Waals surface area contributed by atoms with E-state index in [-0.39, 0.29) is 5.91 Å². The summed E-state index contributed by atoms with van der Waals surface area (Å²) < 4.78 is 0. The predicted octanol–water partition coefficient (Wildman–Crippen LogP) is 0.797. The van der Waals surface area contributed by atoms with Crippen molar-refractivity contribution in [2.24, 2.45) is 0 Å². The van der Waals surface area contributed by atoms with Crippen LogP contribution in [0.1, 0.15) is 38.5 Å². The van der Waals surface area contributed by atoms with E-state index in [0.717, 1.165) is 6.54 Å². The fourth-order valence-electron chi connectivity index (χ4n) is 1.53. The minimum absolute atomic E-state index is 0.217. The lowest BCUT2D eigenvalue weighted by Crippen LogP contribution is -2.38. The third kappa shape index (κ3) is 2.99. The highest BCUT2D eigenvalue weighted by Gasteiger charge is 2.23. The first-order valence-corrected chi connectivity index (χ1v) is 5.37. The number of hydrogen-bond donors (Lipinski definition) is 2. The van der Waals surface area contributed by atoms with Gasteiger partial charge in [0.1, 0.15) is 0 Å². The van der Waals surface area contributed by atoms with E-state index in [9.17, 15) is 4.79 Å². The third-order valence-electron chi connectivity index (χ3n) is 2.83. The zero-order valence-electron chi connectivity index (χ0n) is 8.01. The molecule has 0 aromatic carbocycles. The van der Waals surface area contributed by atoms with Crippen LogP contribution in [0.3, 0.4) is 0 Å². The summed E-state index contributed by atoms with van der Waals surface area (Å²) in [5, 5.41) is 6.37. The predicted molar refractivity (Wildman–Crippen MR) is 51.4 cm³/mol. The molecular formula is C10H18N2O. The van der Waals surface area contributed by atoms with E-state index in [2.05, 4.69) is 10.6 Å². The van der Waals surface area contributed by atoms with Crippen LogP contribution < -0.4 is 10.6 Å². The van der Waals surface area contributed by atoms with E-state index in [1.807, 2.05) is 0 Å². The summed E-state index contributed by atoms with van der Waals surface area (Å²) in [6.45, 7) is 0.850. The van der Waals surface area contributed by atoms with Gasteiger partial charge >= 0.3 is 0 Å². The monoisotopic (exact) mass is 182 g/mol. The van der Waals surface area contributed by atoms with Crippen LogP contribution in [0.15, 0.2) is 0 Å². The lowest BCUT2D eigenvalue weighted by atomic mass is 9.93. The van der Waals surface area contributed by atoms with E-state index in [4.69, 9.17) is 0 Å². The molecule has 0 aromatic heterocycles. The molecule has 0 aromatic rings. The van der Waals surface area contributed by atoms with Gasteiger partial charge in [-0.1, -0.05) is 6.42 Å². The van der Waals surface area contributed by atoms with Crippen LogP contribution in [0, 0.1) is 0 Å². The van der Waals surface area contributed by atoms with Crippen LogP contribution in [0.5, 0.6) is 0 Å². The highest BCUT2D eigenvalue weighted by molar-refractivity contribution is 5.76. The molecule has 0 atom stereocenters. The third-order valence-corrected chi connectivity index (χ3v) is 2.83. The quantitative estimate of drug-likeness (QED) is 0.660. The molecule has 2 aliphatic carbocycles. The van der Waals surface area contributed by atoms with E-state index in [1.165, 1.54) is 32.1 Å². The Bertz CT molecular complexity index is 185. The Labute approximate surface area is 79.3 Å². The molecule has 1 amide bonds. The van der Waals surface area contributed by atoms with Gasteiger partial charge in [0.05, 0.1) is 0 Å². The lowest BCUT2D eigenvalue weighted by Gasteiger charge is -2.26. The Morgan fingerprint density at radius 2 is 1.92 bits per heavy atom. The topological polar surface area (TPSA) is 41.1 Å². The fourth-order valence-corrected chi connectivity index (χ4v) is 1.53. The highest BCUT2D eigenvalue weighted by Crippen LogP contribution is 2.19. The molecule has 74 valence electrons. The number of amides is 1. The first kappa shape index (κ1) is 9.00. The van der Waals surface area contributed by atoms with Gasteiger partial charge in [-0.2, -0.15) is 0 Å². The minimum Gasteiger partial charge on any atom is -0.353 e. The summed E-state index contributed by atoms with van der Waals surface area (Å²) in [5.74, 6) is 0.217. The van der Waals surface area contributed by atoms with Crippen LogP contribution in [0.4, 0.5) is 0 Å². The van der Waals surface area contributed by atoms with Crippen molar-refractivity contribution in [3.63, 3.8) is 0 Å². The summed E-state index contributed by atoms with van der Waals surface area (Å²) in [6, 6.07) is 1.21. The second-order valence-corrected chi connectivity index (χ2v) is 4.17. The number of carbonyl (C=O) groups is 1. The first-order chi connectivity index (χ1) is 6.34. The molecule has 0 saturated heterocycles. The number of hydrogen-bond acceptors (Lipinski definition) is 2. The van der Waals surface area contributed by atoms with E-state index < -0.39 is 0 Å². The van der Waals surface area contributed by atoms with Crippen molar-refractivity contribution in [3.05, 3.63) is 0 Å². The zero-order valence-corrected chi connectivity index (χ0v) is 8.01. The van der Waals surface area contributed by atoms with Gasteiger partial charge in [-0.25, -0.2) is 0 Å². The summed E-state index contributed by atoms with van der Waals surface area (Å²) >= 11 is 0. The van der Waals surface area contributed by atoms with Crippen molar-refractivity contribution in [3.8, 4) is 0 Å². The Morgan fingerprint density at radius 3 is 2.46 bits per heavy atom. The molecule has 3 heteroatoms. The molecule has 0 radical (unpaired) electrons. The summed E-state index contributed by atoms with van der Waals surface area (Å²) in [6.07, 6.45) is 6.96. The molecule has 2 N–H and O–H groups in total. The Hall–Kier alpha value is -0.570. The van der Waals surface area contributed by atoms with Gasteiger partial charge in [0.25, 0.3) is 0 Å². The molecular weight excluding hydrogens is 164 g/mol. The summed E-state index contributed by atoms with van der Waals surface area (Å²) in [4.78, 5) is 11.2. The SMILES string of the molecule is O=C(CCNC1CCC1)NC1CC1. The van der Waals surface area contributed by atoms with Gasteiger partial charge in [0.2, 0.25) is 5.91 Å². The maximum absolute atomic E-state index is 11.2. The molecule has 2 aliphatic rings. The van der Waals surface area contributed by atoms with Crippen LogP contribution in [0.2, 0.25) is 0 Å². The van der Waals surface area contributed by atoms with Gasteiger partial charge in [0, 0.05) is 25.0 Å². The molecule has 0 unspecified atom stereocenters. The second kappa shape index (κ2) is 4.09.